The van der Waals surface area contributed by atoms with Gasteiger partial charge in [-0.25, -0.2) is 9.97 Å². The number of nitriles is 6. The summed E-state index contributed by atoms with van der Waals surface area (Å²) in [6.45, 7) is 8.58. The van der Waals surface area contributed by atoms with E-state index in [2.05, 4.69) is 20.3 Å². The van der Waals surface area contributed by atoms with E-state index in [1.165, 1.54) is 41.5 Å². The van der Waals surface area contributed by atoms with Crippen LogP contribution in [-0.2, 0) is 34.1 Å². The van der Waals surface area contributed by atoms with Crippen molar-refractivity contribution in [2.45, 2.75) is 41.5 Å². The summed E-state index contributed by atoms with van der Waals surface area (Å²) in [5.74, 6) is 8.69. The van der Waals surface area contributed by atoms with Crippen molar-refractivity contribution < 1.29 is 139 Å². The molecule has 0 saturated carbocycles. The number of nitrogens with one attached hydrogen (secondary N) is 4. The van der Waals surface area contributed by atoms with Gasteiger partial charge in [0.25, 0.3) is 0 Å². The Kier molecular flexibility index (Phi) is 47.3. The Morgan fingerprint density at radius 1 is 0.224 bits per heavy atom. The van der Waals surface area contributed by atoms with Crippen LogP contribution in [0.5, 0.6) is 46.0 Å². The fourth-order valence-corrected chi connectivity index (χ4v) is 13.9. The molecule has 20 nitrogen and oxygen atoms in total. The summed E-state index contributed by atoms with van der Waals surface area (Å²) in [4.78, 5) is 9.51. The fourth-order valence-electron chi connectivity index (χ4n) is 8.88. The molecule has 8 aromatic carbocycles. The van der Waals surface area contributed by atoms with Crippen LogP contribution in [0.15, 0.2) is 231 Å². The second-order valence-corrected chi connectivity index (χ2v) is 25.5. The van der Waals surface area contributed by atoms with Crippen LogP contribution < -0.4 is 56.5 Å². The van der Waals surface area contributed by atoms with E-state index >= 15 is 0 Å². The molecule has 0 aliphatic carbocycles. The van der Waals surface area contributed by atoms with Gasteiger partial charge < -0.3 is 69.1 Å². The number of hydrogen-bond donors (Lipinski definition) is 4. The summed E-state index contributed by atoms with van der Waals surface area (Å²) < 4.78 is 206. The standard InChI is InChI=1S/2C29H21N3O4P2.6C2H3N.4BF4.2Fe/c2*1-5-14-24-20(10-1)21-11-2-6-15-25(21)34-37(33-24)31-28-18-9-19-29(30-28)32-38-35-26-16-7-3-12-22(26)23-13-4-8-17-27(23)36-38;6*1-2-3;4*2-1(3,4)5;;/h2*1-19H,(H2,30,31,32);6*1H3;;;;;;/q;;;;;;;;4*-1;2*+2/p+4. The maximum atomic E-state index is 9.75. The Balaban J connectivity index is 0.000000800. The second-order valence-electron chi connectivity index (χ2n) is 20.6. The molecular formula is C70H64B4F16Fe2N12O8P4+4. The first kappa shape index (κ1) is 103. The Hall–Kier alpha value is -11.5. The zero-order chi connectivity index (χ0) is 84.9. The summed E-state index contributed by atoms with van der Waals surface area (Å²) in [6, 6.07) is 85.5. The van der Waals surface area contributed by atoms with Crippen LogP contribution in [-0.4, -0.2) is 39.0 Å². The van der Waals surface area contributed by atoms with Gasteiger partial charge in [0.1, 0.15) is 0 Å². The van der Waals surface area contributed by atoms with Crippen LogP contribution in [0.1, 0.15) is 41.5 Å². The third kappa shape index (κ3) is 41.0. The van der Waals surface area contributed by atoms with Crippen LogP contribution in [0.3, 0.4) is 0 Å². The predicted molar refractivity (Wildman–Crippen MR) is 417 cm³/mol. The molecule has 10 aromatic rings. The molecule has 0 amide bonds. The van der Waals surface area contributed by atoms with E-state index in [0.29, 0.717) is 23.3 Å². The zero-order valence-corrected chi connectivity index (χ0v) is 67.1. The Morgan fingerprint density at radius 3 is 0.440 bits per heavy atom. The van der Waals surface area contributed by atoms with Crippen LogP contribution in [0, 0.1) is 68.0 Å². The number of aromatic nitrogens is 2. The molecule has 6 heterocycles. The molecule has 46 heteroatoms. The van der Waals surface area contributed by atoms with E-state index in [1.54, 1.807) is 36.4 Å². The average molecular weight is 1780 g/mol. The summed E-state index contributed by atoms with van der Waals surface area (Å²) >= 11 is 0. The molecule has 0 radical (unpaired) electrons. The van der Waals surface area contributed by atoms with Gasteiger partial charge in [-0.05, 0) is 72.8 Å². The molecule has 4 aliphatic rings. The van der Waals surface area contributed by atoms with Gasteiger partial charge in [0.2, 0.25) is 0 Å². The topological polar surface area (TPSA) is 290 Å². The van der Waals surface area contributed by atoms with Crippen LogP contribution in [0.25, 0.3) is 44.5 Å². The molecule has 0 bridgehead atoms. The molecule has 4 aliphatic heterocycles. The van der Waals surface area contributed by atoms with Gasteiger partial charge in [0.15, 0.2) is 69.3 Å². The van der Waals surface area contributed by atoms with E-state index in [4.69, 9.17) is 77.7 Å². The number of halogens is 16. The number of fused-ring (bicyclic) bond motifs is 12. The van der Waals surface area contributed by atoms with Crippen molar-refractivity contribution in [3.05, 3.63) is 231 Å². The Morgan fingerprint density at radius 2 is 0.328 bits per heavy atom. The summed E-state index contributed by atoms with van der Waals surface area (Å²) in [7, 11) is -32.0. The number of nitrogens with zero attached hydrogens (tertiary/aromatic N) is 8. The van der Waals surface area contributed by atoms with E-state index in [-0.39, 0.29) is 34.1 Å². The van der Waals surface area contributed by atoms with Crippen molar-refractivity contribution in [3.8, 4) is 127 Å². The molecule has 0 fully saturated rings. The molecular weight excluding hydrogens is 1720 g/mol. The third-order valence-corrected chi connectivity index (χ3v) is 17.4. The zero-order valence-electron chi connectivity index (χ0n) is 60.8. The Labute approximate surface area is 682 Å². The van der Waals surface area contributed by atoms with Gasteiger partial charge in [0, 0.05) is 86.1 Å². The van der Waals surface area contributed by atoms with Crippen molar-refractivity contribution in [1.29, 1.82) is 31.6 Å². The maximum Gasteiger partial charge on any atom is 2.00 e. The number of pyridine rings is 2. The van der Waals surface area contributed by atoms with Crippen molar-refractivity contribution >= 4 is 86.4 Å². The van der Waals surface area contributed by atoms with E-state index in [0.717, 1.165) is 90.5 Å². The number of para-hydroxylation sites is 8. The van der Waals surface area contributed by atoms with Gasteiger partial charge in [-0.15, -0.1) is 0 Å². The van der Waals surface area contributed by atoms with Gasteiger partial charge >= 0.3 is 97.3 Å². The third-order valence-electron chi connectivity index (χ3n) is 12.3. The summed E-state index contributed by atoms with van der Waals surface area (Å²) in [5, 5.41) is 57.4. The molecule has 0 atom stereocenters. The number of anilines is 4. The first-order valence-electron chi connectivity index (χ1n) is 32.1. The molecule has 14 rings (SSSR count). The summed E-state index contributed by atoms with van der Waals surface area (Å²) in [6.07, 6.45) is 0. The molecule has 4 N–H and O–H groups in total. The number of rotatable bonds is 8. The fraction of sp³-hybridized carbons (Fsp3) is 0.0857. The molecule has 2 aromatic heterocycles. The van der Waals surface area contributed by atoms with Crippen molar-refractivity contribution in [2.75, 3.05) is 20.3 Å². The van der Waals surface area contributed by atoms with Crippen LogP contribution in [0.2, 0.25) is 0 Å². The molecule has 608 valence electrons. The molecule has 116 heavy (non-hydrogen) atoms. The van der Waals surface area contributed by atoms with E-state index < -0.39 is 63.1 Å². The monoisotopic (exact) mass is 1780 g/mol. The van der Waals surface area contributed by atoms with E-state index in [1.807, 2.05) is 231 Å². The molecule has 0 saturated heterocycles. The van der Waals surface area contributed by atoms with Gasteiger partial charge in [-0.2, -0.15) is 51.9 Å². The molecule has 0 spiro atoms. The maximum absolute atomic E-state index is 9.75. The largest absolute Gasteiger partial charge is 2.00 e. The smallest absolute Gasteiger partial charge is 0.418 e. The van der Waals surface area contributed by atoms with Gasteiger partial charge in [-0.1, -0.05) is 158 Å². The average Bonchev–Trinajstić information content (AvgIpc) is 1.66. The quantitative estimate of drug-likeness (QED) is 0.0624. The minimum absolute atomic E-state index is 0. The van der Waals surface area contributed by atoms with E-state index in [9.17, 15) is 69.1 Å². The summed E-state index contributed by atoms with van der Waals surface area (Å²) in [5.41, 5.74) is 8.01. The van der Waals surface area contributed by atoms with Crippen molar-refractivity contribution in [1.82, 2.24) is 9.97 Å². The number of hydrogen-bond acceptors (Lipinski definition) is 20. The van der Waals surface area contributed by atoms with Gasteiger partial charge in [-0.3, -0.25) is 36.2 Å². The van der Waals surface area contributed by atoms with Crippen molar-refractivity contribution in [3.63, 3.8) is 0 Å². The van der Waals surface area contributed by atoms with Gasteiger partial charge in [0.05, 0.1) is 36.4 Å². The van der Waals surface area contributed by atoms with Crippen LogP contribution in [0.4, 0.5) is 92.3 Å². The minimum atomic E-state index is -6.00. The first-order valence-corrected chi connectivity index (χ1v) is 37.4. The van der Waals surface area contributed by atoms with Crippen molar-refractivity contribution in [2.24, 2.45) is 0 Å². The molecule has 0 unspecified atom stereocenters. The Bertz CT molecular complexity index is 4100. The van der Waals surface area contributed by atoms with Crippen LogP contribution >= 0.6 is 34.1 Å². The predicted octanol–water partition coefficient (Wildman–Crippen LogP) is 24.6. The minimum Gasteiger partial charge on any atom is -0.418 e. The first-order chi connectivity index (χ1) is 54.1. The SMILES string of the molecule is CC#N.CC#N.CC#N.CC#N.CC#N.CC#N.F[B-](F)(F)F.F[B-](F)(F)F.F[B-](F)(F)F.F[B-](F)(F)F.[Fe+2].[Fe+2].c1cc(N[PH+]2Oc3ccccc3-c3ccccc3O2)nc(N[PH+]2Oc3ccccc3-c3ccccc3O2)c1.c1cc(N[PH+]2Oc3ccccc3-c3ccccc3O2)nc(N[PH+]2Oc3ccccc3-c3ccccc3O2)c1. The second kappa shape index (κ2) is 53.5. The number of benzene rings is 8. The normalized spacial score (nSPS) is 11.6.